The van der Waals surface area contributed by atoms with Crippen molar-refractivity contribution in [2.24, 2.45) is 11.7 Å². The van der Waals surface area contributed by atoms with Gasteiger partial charge < -0.3 is 26.0 Å². The van der Waals surface area contributed by atoms with Gasteiger partial charge in [-0.2, -0.15) is 4.72 Å². The molecule has 4 rings (SSSR count). The molecule has 0 bridgehead atoms. The van der Waals surface area contributed by atoms with Gasteiger partial charge in [0, 0.05) is 25.7 Å². The topological polar surface area (TPSA) is 210 Å². The number of amidine groups is 2. The SMILES string of the molecule is N=C(N)C(=N)N1CCC[C@H](CNC(=O)C[C@@H](NS(=O)(=O)c2ccc3ccccc3c2)C(=O)N(CC(=O)O)C2CC2)C1. The predicted octanol–water partition coefficient (Wildman–Crippen LogP) is 0.694. The molecule has 2 aromatic rings. The largest absolute Gasteiger partial charge is 0.480 e. The van der Waals surface area contributed by atoms with Crippen LogP contribution in [0.15, 0.2) is 47.4 Å². The molecule has 1 aliphatic heterocycles. The number of nitrogens with two attached hydrogens (primary N) is 1. The Hall–Kier alpha value is -4.04. The number of nitrogens with one attached hydrogen (secondary N) is 4. The molecule has 1 saturated heterocycles. The summed E-state index contributed by atoms with van der Waals surface area (Å²) < 4.78 is 29.1. The zero-order chi connectivity index (χ0) is 29.7. The van der Waals surface area contributed by atoms with Gasteiger partial charge >= 0.3 is 5.97 Å². The average molecular weight is 586 g/mol. The first-order valence-electron chi connectivity index (χ1n) is 13.4. The summed E-state index contributed by atoms with van der Waals surface area (Å²) in [6, 6.07) is 9.90. The zero-order valence-corrected chi connectivity index (χ0v) is 23.3. The average Bonchev–Trinajstić information content (AvgIpc) is 3.79. The van der Waals surface area contributed by atoms with E-state index in [1.807, 2.05) is 12.1 Å². The summed E-state index contributed by atoms with van der Waals surface area (Å²) in [5, 5.41) is 29.1. The number of sulfonamides is 1. The normalized spacial score (nSPS) is 18.0. The third-order valence-corrected chi connectivity index (χ3v) is 8.74. The molecule has 2 aromatic carbocycles. The van der Waals surface area contributed by atoms with Crippen molar-refractivity contribution < 1.29 is 27.9 Å². The van der Waals surface area contributed by atoms with Gasteiger partial charge in [0.1, 0.15) is 12.6 Å². The lowest BCUT2D eigenvalue weighted by Crippen LogP contribution is -2.52. The van der Waals surface area contributed by atoms with Gasteiger partial charge in [0.05, 0.1) is 11.3 Å². The van der Waals surface area contributed by atoms with Crippen molar-refractivity contribution in [3.05, 3.63) is 42.5 Å². The summed E-state index contributed by atoms with van der Waals surface area (Å²) in [6.07, 6.45) is 2.20. The first-order chi connectivity index (χ1) is 19.4. The van der Waals surface area contributed by atoms with Crippen molar-refractivity contribution in [1.82, 2.24) is 19.8 Å². The molecule has 220 valence electrons. The number of carbonyl (C=O) groups is 3. The number of hydrogen-bond acceptors (Lipinski definition) is 7. The Labute approximate surface area is 238 Å². The Kier molecular flexibility index (Phi) is 9.23. The van der Waals surface area contributed by atoms with Crippen molar-refractivity contribution >= 4 is 50.3 Å². The fraction of sp³-hybridized carbons (Fsp3) is 0.444. The second kappa shape index (κ2) is 12.6. The van der Waals surface area contributed by atoms with E-state index in [-0.39, 0.29) is 35.1 Å². The highest BCUT2D eigenvalue weighted by Crippen LogP contribution is 2.28. The van der Waals surface area contributed by atoms with Crippen molar-refractivity contribution in [2.45, 2.75) is 49.1 Å². The predicted molar refractivity (Wildman–Crippen MR) is 152 cm³/mol. The molecule has 41 heavy (non-hydrogen) atoms. The van der Waals surface area contributed by atoms with Crippen LogP contribution in [0.5, 0.6) is 0 Å². The van der Waals surface area contributed by atoms with E-state index < -0.39 is 46.8 Å². The third-order valence-electron chi connectivity index (χ3n) is 7.27. The molecule has 7 N–H and O–H groups in total. The van der Waals surface area contributed by atoms with Gasteiger partial charge in [-0.1, -0.05) is 30.3 Å². The number of benzene rings is 2. The molecule has 2 aliphatic rings. The number of likely N-dealkylation sites (tertiary alicyclic amines) is 1. The van der Waals surface area contributed by atoms with Crippen LogP contribution in [0.3, 0.4) is 0 Å². The van der Waals surface area contributed by atoms with Gasteiger partial charge in [0.25, 0.3) is 0 Å². The quantitative estimate of drug-likeness (QED) is 0.163. The van der Waals surface area contributed by atoms with Crippen LogP contribution in [0.25, 0.3) is 10.8 Å². The maximum atomic E-state index is 13.5. The number of piperidine rings is 1. The van der Waals surface area contributed by atoms with Gasteiger partial charge in [-0.3, -0.25) is 25.2 Å². The van der Waals surface area contributed by atoms with E-state index in [4.69, 9.17) is 16.6 Å². The molecule has 2 amide bonds. The van der Waals surface area contributed by atoms with E-state index >= 15 is 0 Å². The van der Waals surface area contributed by atoms with Gasteiger partial charge in [-0.15, -0.1) is 0 Å². The van der Waals surface area contributed by atoms with E-state index in [1.165, 1.54) is 12.1 Å². The van der Waals surface area contributed by atoms with Crippen LogP contribution in [0, 0.1) is 16.7 Å². The minimum absolute atomic E-state index is 0.0363. The first-order valence-corrected chi connectivity index (χ1v) is 14.9. The van der Waals surface area contributed by atoms with Crippen LogP contribution in [-0.4, -0.2) is 91.0 Å². The molecule has 2 fully saturated rings. The number of carboxylic acid groups (broad SMARTS) is 1. The Bertz CT molecular complexity index is 1460. The molecule has 1 saturated carbocycles. The van der Waals surface area contributed by atoms with Crippen LogP contribution in [0.1, 0.15) is 32.1 Å². The molecule has 0 aromatic heterocycles. The van der Waals surface area contributed by atoms with Crippen molar-refractivity contribution in [3.8, 4) is 0 Å². The van der Waals surface area contributed by atoms with E-state index in [9.17, 15) is 27.9 Å². The fourth-order valence-corrected chi connectivity index (χ4v) is 6.23. The van der Waals surface area contributed by atoms with E-state index in [2.05, 4.69) is 10.0 Å². The summed E-state index contributed by atoms with van der Waals surface area (Å²) in [6.45, 7) is 0.625. The molecular formula is C27H35N7O6S. The summed E-state index contributed by atoms with van der Waals surface area (Å²) in [4.78, 5) is 40.7. The van der Waals surface area contributed by atoms with Gasteiger partial charge in [-0.25, -0.2) is 8.42 Å². The monoisotopic (exact) mass is 585 g/mol. The molecule has 0 radical (unpaired) electrons. The van der Waals surface area contributed by atoms with Crippen molar-refractivity contribution in [2.75, 3.05) is 26.2 Å². The maximum Gasteiger partial charge on any atom is 0.323 e. The molecular weight excluding hydrogens is 550 g/mol. The highest BCUT2D eigenvalue weighted by Gasteiger charge is 2.39. The molecule has 2 atom stereocenters. The molecule has 0 unspecified atom stereocenters. The number of amides is 2. The van der Waals surface area contributed by atoms with Gasteiger partial charge in [-0.05, 0) is 54.5 Å². The molecule has 1 aliphatic carbocycles. The Morgan fingerprint density at radius 1 is 1.10 bits per heavy atom. The summed E-state index contributed by atoms with van der Waals surface area (Å²) in [5.41, 5.74) is 5.44. The van der Waals surface area contributed by atoms with Crippen LogP contribution < -0.4 is 15.8 Å². The minimum Gasteiger partial charge on any atom is -0.480 e. The number of fused-ring (bicyclic) bond motifs is 1. The smallest absolute Gasteiger partial charge is 0.323 e. The lowest BCUT2D eigenvalue weighted by Gasteiger charge is -2.34. The standard InChI is InChI=1S/C27H35N7O6S/c28-25(29)26(30)33-11-3-4-17(15-33)14-31-23(35)13-22(27(38)34(16-24(36)37)20-8-9-20)32-41(39,40)21-10-7-18-5-1-2-6-19(18)12-21/h1-2,5-7,10,12,17,20,22,30,32H,3-4,8-9,11,13-16H2,(H3,28,29)(H,31,35)(H,36,37)/t17-,22-/m1/s1. The summed E-state index contributed by atoms with van der Waals surface area (Å²) >= 11 is 0. The number of nitrogens with zero attached hydrogens (tertiary/aromatic N) is 2. The number of aliphatic carboxylic acids is 1. The number of carbonyl (C=O) groups excluding carboxylic acids is 2. The van der Waals surface area contributed by atoms with Crippen LogP contribution in [0.2, 0.25) is 0 Å². The highest BCUT2D eigenvalue weighted by molar-refractivity contribution is 7.89. The van der Waals surface area contributed by atoms with Crippen molar-refractivity contribution in [1.29, 1.82) is 10.8 Å². The molecule has 1 heterocycles. The third kappa shape index (κ3) is 7.79. The molecule has 14 heteroatoms. The van der Waals surface area contributed by atoms with E-state index in [0.29, 0.717) is 31.3 Å². The fourth-order valence-electron chi connectivity index (χ4n) is 5.01. The lowest BCUT2D eigenvalue weighted by molar-refractivity contribution is -0.146. The second-order valence-electron chi connectivity index (χ2n) is 10.5. The zero-order valence-electron chi connectivity index (χ0n) is 22.5. The number of rotatable bonds is 11. The van der Waals surface area contributed by atoms with Gasteiger partial charge in [0.2, 0.25) is 21.8 Å². The Morgan fingerprint density at radius 2 is 1.80 bits per heavy atom. The minimum atomic E-state index is -4.26. The van der Waals surface area contributed by atoms with Crippen molar-refractivity contribution in [3.63, 3.8) is 0 Å². The van der Waals surface area contributed by atoms with Crippen LogP contribution >= 0.6 is 0 Å². The maximum absolute atomic E-state index is 13.5. The lowest BCUT2D eigenvalue weighted by atomic mass is 9.97. The van der Waals surface area contributed by atoms with Crippen LogP contribution in [-0.2, 0) is 24.4 Å². The Balaban J connectivity index is 1.49. The van der Waals surface area contributed by atoms with E-state index in [1.54, 1.807) is 23.1 Å². The summed E-state index contributed by atoms with van der Waals surface area (Å²) in [7, 11) is -4.26. The molecule has 13 nitrogen and oxygen atoms in total. The highest BCUT2D eigenvalue weighted by atomic mass is 32.2. The first kappa shape index (κ1) is 29.9. The Morgan fingerprint density at radius 3 is 2.46 bits per heavy atom. The van der Waals surface area contributed by atoms with E-state index in [0.717, 1.165) is 23.1 Å². The molecule has 0 spiro atoms. The van der Waals surface area contributed by atoms with Crippen LogP contribution in [0.4, 0.5) is 0 Å². The second-order valence-corrected chi connectivity index (χ2v) is 12.2. The number of hydrogen-bond donors (Lipinski definition) is 6. The number of carboxylic acids is 1. The summed E-state index contributed by atoms with van der Waals surface area (Å²) in [5.74, 6) is -3.03. The van der Waals surface area contributed by atoms with Gasteiger partial charge in [0.15, 0.2) is 11.7 Å².